The SMILES string of the molecule is COc1ccc(N(C)c2nc(CNC(=O)OCC(COC(C)=O)OC(C)=O)nc3ccccc23)cc1. The van der Waals surface area contributed by atoms with E-state index in [1.807, 2.05) is 60.5 Å². The largest absolute Gasteiger partial charge is 0.497 e. The summed E-state index contributed by atoms with van der Waals surface area (Å²) in [5.41, 5.74) is 1.60. The van der Waals surface area contributed by atoms with Gasteiger partial charge in [0.1, 0.15) is 24.8 Å². The van der Waals surface area contributed by atoms with Crippen LogP contribution in [0.5, 0.6) is 5.75 Å². The zero-order chi connectivity index (χ0) is 26.1. The molecule has 2 aromatic carbocycles. The van der Waals surface area contributed by atoms with Crippen LogP contribution in [0.1, 0.15) is 19.7 Å². The first-order valence-corrected chi connectivity index (χ1v) is 11.1. The van der Waals surface area contributed by atoms with Gasteiger partial charge in [-0.05, 0) is 36.4 Å². The normalized spacial score (nSPS) is 11.3. The number of methoxy groups -OCH3 is 1. The lowest BCUT2D eigenvalue weighted by molar-refractivity contribution is -0.158. The third-order valence-electron chi connectivity index (χ3n) is 5.00. The summed E-state index contributed by atoms with van der Waals surface area (Å²) < 4.78 is 20.2. The molecule has 0 saturated heterocycles. The summed E-state index contributed by atoms with van der Waals surface area (Å²) in [5, 5.41) is 3.43. The second kappa shape index (κ2) is 12.3. The summed E-state index contributed by atoms with van der Waals surface area (Å²) in [6, 6.07) is 15.1. The first-order chi connectivity index (χ1) is 17.3. The van der Waals surface area contributed by atoms with Crippen LogP contribution in [0, 0.1) is 0 Å². The smallest absolute Gasteiger partial charge is 0.407 e. The zero-order valence-electron chi connectivity index (χ0n) is 20.5. The number of ether oxygens (including phenoxy) is 4. The van der Waals surface area contributed by atoms with E-state index in [1.165, 1.54) is 13.8 Å². The van der Waals surface area contributed by atoms with Crippen LogP contribution in [-0.4, -0.2) is 61.5 Å². The lowest BCUT2D eigenvalue weighted by Gasteiger charge is -2.21. The van der Waals surface area contributed by atoms with Gasteiger partial charge in [0.25, 0.3) is 0 Å². The molecule has 3 aromatic rings. The van der Waals surface area contributed by atoms with Gasteiger partial charge in [0.05, 0.1) is 19.2 Å². The summed E-state index contributed by atoms with van der Waals surface area (Å²) in [6.45, 7) is 1.91. The molecule has 1 amide bonds. The molecule has 0 aliphatic carbocycles. The molecule has 3 rings (SSSR count). The second-order valence-electron chi connectivity index (χ2n) is 7.72. The summed E-state index contributed by atoms with van der Waals surface area (Å²) in [6.07, 6.45) is -1.68. The van der Waals surface area contributed by atoms with Crippen molar-refractivity contribution in [2.24, 2.45) is 0 Å². The summed E-state index contributed by atoms with van der Waals surface area (Å²) in [4.78, 5) is 45.6. The van der Waals surface area contributed by atoms with Gasteiger partial charge in [0.15, 0.2) is 11.9 Å². The molecule has 1 unspecified atom stereocenters. The Bertz CT molecular complexity index is 1220. The summed E-state index contributed by atoms with van der Waals surface area (Å²) >= 11 is 0. The Morgan fingerprint density at radius 1 is 0.944 bits per heavy atom. The van der Waals surface area contributed by atoms with E-state index in [-0.39, 0.29) is 19.8 Å². The zero-order valence-corrected chi connectivity index (χ0v) is 20.5. The molecule has 1 aromatic heterocycles. The molecule has 1 N–H and O–H groups in total. The summed E-state index contributed by atoms with van der Waals surface area (Å²) in [7, 11) is 3.50. The van der Waals surface area contributed by atoms with E-state index in [0.29, 0.717) is 17.2 Å². The first-order valence-electron chi connectivity index (χ1n) is 11.1. The highest BCUT2D eigenvalue weighted by Gasteiger charge is 2.18. The highest BCUT2D eigenvalue weighted by Crippen LogP contribution is 2.29. The number of carbonyl (C=O) groups excluding carboxylic acids is 3. The number of para-hydroxylation sites is 1. The van der Waals surface area contributed by atoms with Crippen LogP contribution in [0.25, 0.3) is 10.9 Å². The van der Waals surface area contributed by atoms with Crippen LogP contribution in [0.2, 0.25) is 0 Å². The maximum Gasteiger partial charge on any atom is 0.407 e. The number of hydrogen-bond acceptors (Lipinski definition) is 10. The van der Waals surface area contributed by atoms with Gasteiger partial charge in [0, 0.05) is 32.0 Å². The average Bonchev–Trinajstić information content (AvgIpc) is 2.87. The van der Waals surface area contributed by atoms with Gasteiger partial charge in [-0.3, -0.25) is 9.59 Å². The molecular weight excluding hydrogens is 468 g/mol. The molecule has 0 aliphatic heterocycles. The van der Waals surface area contributed by atoms with Gasteiger partial charge in [0.2, 0.25) is 0 Å². The van der Waals surface area contributed by atoms with E-state index in [9.17, 15) is 14.4 Å². The van der Waals surface area contributed by atoms with Crippen LogP contribution in [0.15, 0.2) is 48.5 Å². The molecule has 0 fully saturated rings. The fraction of sp³-hybridized carbons (Fsp3) is 0.320. The number of carbonyl (C=O) groups is 3. The van der Waals surface area contributed by atoms with Crippen molar-refractivity contribution >= 4 is 40.4 Å². The molecule has 36 heavy (non-hydrogen) atoms. The van der Waals surface area contributed by atoms with Crippen molar-refractivity contribution in [1.29, 1.82) is 0 Å². The quantitative estimate of drug-likeness (QED) is 0.330. The molecule has 1 heterocycles. The van der Waals surface area contributed by atoms with E-state index >= 15 is 0 Å². The number of benzene rings is 2. The predicted octanol–water partition coefficient (Wildman–Crippen LogP) is 3.13. The van der Waals surface area contributed by atoms with Crippen molar-refractivity contribution in [3.05, 3.63) is 54.4 Å². The van der Waals surface area contributed by atoms with Crippen molar-refractivity contribution in [3.8, 4) is 5.75 Å². The van der Waals surface area contributed by atoms with Crippen molar-refractivity contribution < 1.29 is 33.3 Å². The molecular formula is C25H28N4O7. The maximum absolute atomic E-state index is 12.2. The van der Waals surface area contributed by atoms with Crippen LogP contribution in [0.3, 0.4) is 0 Å². The third kappa shape index (κ3) is 7.29. The van der Waals surface area contributed by atoms with E-state index in [0.717, 1.165) is 16.8 Å². The lowest BCUT2D eigenvalue weighted by atomic mass is 10.2. The number of aromatic nitrogens is 2. The minimum atomic E-state index is -0.918. The molecule has 1 atom stereocenters. The number of alkyl carbamates (subject to hydrolysis) is 1. The number of esters is 2. The van der Waals surface area contributed by atoms with Gasteiger partial charge < -0.3 is 29.2 Å². The molecule has 190 valence electrons. The molecule has 0 spiro atoms. The fourth-order valence-electron chi connectivity index (χ4n) is 3.30. The van der Waals surface area contributed by atoms with Gasteiger partial charge >= 0.3 is 18.0 Å². The van der Waals surface area contributed by atoms with E-state index in [1.54, 1.807) is 7.11 Å². The van der Waals surface area contributed by atoms with E-state index in [2.05, 4.69) is 15.3 Å². The molecule has 0 bridgehead atoms. The Kier molecular flexibility index (Phi) is 8.98. The maximum atomic E-state index is 12.2. The Hall–Kier alpha value is -4.41. The van der Waals surface area contributed by atoms with Crippen molar-refractivity contribution in [1.82, 2.24) is 15.3 Å². The van der Waals surface area contributed by atoms with Crippen LogP contribution < -0.4 is 15.0 Å². The average molecular weight is 497 g/mol. The van der Waals surface area contributed by atoms with Gasteiger partial charge in [-0.25, -0.2) is 14.8 Å². The Morgan fingerprint density at radius 3 is 2.31 bits per heavy atom. The first kappa shape index (κ1) is 26.2. The Balaban J connectivity index is 1.70. The molecule has 11 heteroatoms. The Labute approximate surface area is 208 Å². The minimum absolute atomic E-state index is 0.00466. The Morgan fingerprint density at radius 2 is 1.64 bits per heavy atom. The lowest BCUT2D eigenvalue weighted by Crippen LogP contribution is -2.33. The highest BCUT2D eigenvalue weighted by atomic mass is 16.6. The van der Waals surface area contributed by atoms with E-state index in [4.69, 9.17) is 18.9 Å². The number of nitrogens with one attached hydrogen (secondary N) is 1. The van der Waals surface area contributed by atoms with Gasteiger partial charge in [-0.2, -0.15) is 0 Å². The molecule has 0 aliphatic rings. The molecule has 11 nitrogen and oxygen atoms in total. The number of rotatable bonds is 10. The number of amides is 1. The fourth-order valence-corrected chi connectivity index (χ4v) is 3.30. The standard InChI is InChI=1S/C25H28N4O7/c1-16(30)34-14-20(36-17(2)31)15-35-25(32)26-13-23-27-22-8-6-5-7-21(22)24(28-23)29(3)18-9-11-19(33-4)12-10-18/h5-12,20H,13-15H2,1-4H3,(H,26,32). The third-order valence-corrected chi connectivity index (χ3v) is 5.00. The number of nitrogens with zero attached hydrogens (tertiary/aromatic N) is 3. The topological polar surface area (TPSA) is 129 Å². The van der Waals surface area contributed by atoms with Gasteiger partial charge in [-0.15, -0.1) is 0 Å². The summed E-state index contributed by atoms with van der Waals surface area (Å²) in [5.74, 6) is 0.645. The van der Waals surface area contributed by atoms with Gasteiger partial charge in [-0.1, -0.05) is 12.1 Å². The second-order valence-corrected chi connectivity index (χ2v) is 7.72. The predicted molar refractivity (Wildman–Crippen MR) is 131 cm³/mol. The molecule has 0 saturated carbocycles. The van der Waals surface area contributed by atoms with E-state index < -0.39 is 24.1 Å². The monoisotopic (exact) mass is 496 g/mol. The minimum Gasteiger partial charge on any atom is -0.497 e. The number of anilines is 2. The van der Waals surface area contributed by atoms with Crippen LogP contribution in [-0.2, 0) is 30.3 Å². The highest BCUT2D eigenvalue weighted by molar-refractivity contribution is 5.91. The van der Waals surface area contributed by atoms with Crippen LogP contribution >= 0.6 is 0 Å². The van der Waals surface area contributed by atoms with Crippen LogP contribution in [0.4, 0.5) is 16.3 Å². The van der Waals surface area contributed by atoms with Crippen molar-refractivity contribution in [2.75, 3.05) is 32.3 Å². The number of hydrogen-bond donors (Lipinski definition) is 1. The van der Waals surface area contributed by atoms with Crippen molar-refractivity contribution in [3.63, 3.8) is 0 Å². The number of fused-ring (bicyclic) bond motifs is 1. The molecule has 0 radical (unpaired) electrons. The van der Waals surface area contributed by atoms with Crippen molar-refractivity contribution in [2.45, 2.75) is 26.5 Å².